The highest BCUT2D eigenvalue weighted by atomic mass is 16.5. The summed E-state index contributed by atoms with van der Waals surface area (Å²) in [4.78, 5) is 15.9. The second-order valence-electron chi connectivity index (χ2n) is 4.76. The van der Waals surface area contributed by atoms with Gasteiger partial charge in [-0.25, -0.2) is 0 Å². The minimum absolute atomic E-state index is 0.000149. The molecule has 21 heavy (non-hydrogen) atoms. The molecule has 0 spiro atoms. The summed E-state index contributed by atoms with van der Waals surface area (Å²) in [5.41, 5.74) is 9.00. The highest BCUT2D eigenvalue weighted by Gasteiger charge is 2.05. The van der Waals surface area contributed by atoms with Crippen molar-refractivity contribution in [2.45, 2.75) is 13.3 Å². The molecule has 0 fully saturated rings. The van der Waals surface area contributed by atoms with E-state index in [1.54, 1.807) is 12.3 Å². The molecule has 0 atom stereocenters. The summed E-state index contributed by atoms with van der Waals surface area (Å²) in [5, 5.41) is 2.73. The minimum Gasteiger partial charge on any atom is -0.397 e. The van der Waals surface area contributed by atoms with E-state index in [-0.39, 0.29) is 12.5 Å². The first-order valence-corrected chi connectivity index (χ1v) is 6.79. The van der Waals surface area contributed by atoms with Gasteiger partial charge in [-0.3, -0.25) is 9.78 Å². The number of hydrogen-bond donors (Lipinski definition) is 2. The molecule has 2 rings (SSSR count). The number of rotatable bonds is 6. The van der Waals surface area contributed by atoms with E-state index < -0.39 is 0 Å². The molecule has 1 heterocycles. The van der Waals surface area contributed by atoms with Gasteiger partial charge in [-0.2, -0.15) is 0 Å². The van der Waals surface area contributed by atoms with E-state index in [9.17, 15) is 4.79 Å². The van der Waals surface area contributed by atoms with Crippen LogP contribution in [0.25, 0.3) is 0 Å². The summed E-state index contributed by atoms with van der Waals surface area (Å²) in [6.45, 7) is 2.40. The van der Waals surface area contributed by atoms with Crippen LogP contribution in [0.1, 0.15) is 11.3 Å². The van der Waals surface area contributed by atoms with Crippen molar-refractivity contribution in [2.75, 3.05) is 24.3 Å². The van der Waals surface area contributed by atoms with E-state index >= 15 is 0 Å². The maximum Gasteiger partial charge on any atom is 0.250 e. The molecule has 0 aliphatic carbocycles. The smallest absolute Gasteiger partial charge is 0.250 e. The number of nitrogen functional groups attached to an aromatic ring is 1. The number of aryl methyl sites for hydroxylation is 1. The van der Waals surface area contributed by atoms with E-state index in [4.69, 9.17) is 10.5 Å². The normalized spacial score (nSPS) is 10.3. The minimum atomic E-state index is -0.216. The van der Waals surface area contributed by atoms with Gasteiger partial charge in [0.1, 0.15) is 6.61 Å². The predicted octanol–water partition coefficient (Wildman–Crippen LogP) is 2.17. The molecule has 0 saturated carbocycles. The molecule has 2 aromatic rings. The molecule has 0 bridgehead atoms. The van der Waals surface area contributed by atoms with Crippen LogP contribution in [0.4, 0.5) is 11.4 Å². The van der Waals surface area contributed by atoms with Crippen molar-refractivity contribution < 1.29 is 9.53 Å². The van der Waals surface area contributed by atoms with Gasteiger partial charge in [0.05, 0.1) is 18.0 Å². The van der Waals surface area contributed by atoms with Crippen molar-refractivity contribution in [2.24, 2.45) is 0 Å². The first kappa shape index (κ1) is 15.0. The van der Waals surface area contributed by atoms with E-state index in [0.717, 1.165) is 11.3 Å². The first-order valence-electron chi connectivity index (χ1n) is 6.79. The number of ether oxygens (including phenoxy) is 1. The fourth-order valence-electron chi connectivity index (χ4n) is 1.87. The van der Waals surface area contributed by atoms with Gasteiger partial charge in [0.25, 0.3) is 0 Å². The molecule has 0 aliphatic heterocycles. The zero-order valence-corrected chi connectivity index (χ0v) is 12.0. The number of carbonyl (C=O) groups excluding carboxylic acids is 1. The van der Waals surface area contributed by atoms with Crippen LogP contribution in [0.5, 0.6) is 0 Å². The van der Waals surface area contributed by atoms with Gasteiger partial charge in [0.15, 0.2) is 0 Å². The van der Waals surface area contributed by atoms with Crippen molar-refractivity contribution in [1.29, 1.82) is 0 Å². The van der Waals surface area contributed by atoms with Crippen LogP contribution in [0.2, 0.25) is 0 Å². The third-order valence-electron chi connectivity index (χ3n) is 2.94. The number of carbonyl (C=O) groups is 1. The third kappa shape index (κ3) is 4.89. The fourth-order valence-corrected chi connectivity index (χ4v) is 1.87. The Balaban J connectivity index is 1.72. The van der Waals surface area contributed by atoms with Crippen molar-refractivity contribution in [3.05, 3.63) is 53.9 Å². The number of nitrogens with two attached hydrogens (primary N) is 1. The molecular formula is C16H19N3O2. The molecule has 110 valence electrons. The van der Waals surface area contributed by atoms with Crippen LogP contribution in [0.15, 0.2) is 42.6 Å². The Labute approximate surface area is 124 Å². The summed E-state index contributed by atoms with van der Waals surface area (Å²) in [6, 6.07) is 11.2. The highest BCUT2D eigenvalue weighted by molar-refractivity contribution is 5.94. The summed E-state index contributed by atoms with van der Waals surface area (Å²) in [5.74, 6) is -0.216. The molecule has 0 aliphatic rings. The largest absolute Gasteiger partial charge is 0.397 e. The van der Waals surface area contributed by atoms with Crippen LogP contribution < -0.4 is 11.1 Å². The fraction of sp³-hybridized carbons (Fsp3) is 0.250. The summed E-state index contributed by atoms with van der Waals surface area (Å²) < 4.78 is 5.34. The Morgan fingerprint density at radius 2 is 2.19 bits per heavy atom. The van der Waals surface area contributed by atoms with Gasteiger partial charge >= 0.3 is 0 Å². The zero-order chi connectivity index (χ0) is 15.1. The van der Waals surface area contributed by atoms with E-state index in [0.29, 0.717) is 24.4 Å². The molecule has 0 radical (unpaired) electrons. The summed E-state index contributed by atoms with van der Waals surface area (Å²) in [7, 11) is 0. The molecule has 5 heteroatoms. The van der Waals surface area contributed by atoms with Gasteiger partial charge in [0.2, 0.25) is 5.91 Å². The maximum absolute atomic E-state index is 11.8. The Bertz CT molecular complexity index is 600. The molecule has 3 N–H and O–H groups in total. The second kappa shape index (κ2) is 7.40. The Kier molecular flexibility index (Phi) is 5.29. The van der Waals surface area contributed by atoms with Gasteiger partial charge in [-0.05, 0) is 36.8 Å². The van der Waals surface area contributed by atoms with Crippen LogP contribution in [-0.2, 0) is 16.0 Å². The van der Waals surface area contributed by atoms with Crippen molar-refractivity contribution in [3.8, 4) is 0 Å². The van der Waals surface area contributed by atoms with E-state index in [1.165, 1.54) is 0 Å². The number of aromatic nitrogens is 1. The summed E-state index contributed by atoms with van der Waals surface area (Å²) in [6.07, 6.45) is 2.42. The quantitative estimate of drug-likeness (QED) is 0.630. The molecule has 1 aromatic heterocycles. The molecule has 5 nitrogen and oxygen atoms in total. The van der Waals surface area contributed by atoms with Crippen molar-refractivity contribution in [3.63, 3.8) is 0 Å². The van der Waals surface area contributed by atoms with Crippen molar-refractivity contribution >= 4 is 17.3 Å². The van der Waals surface area contributed by atoms with Gasteiger partial charge in [0, 0.05) is 18.3 Å². The Morgan fingerprint density at radius 1 is 1.33 bits per heavy atom. The van der Waals surface area contributed by atoms with Crippen LogP contribution in [0.3, 0.4) is 0 Å². The highest BCUT2D eigenvalue weighted by Crippen LogP contribution is 2.19. The average molecular weight is 285 g/mol. The number of anilines is 2. The zero-order valence-electron chi connectivity index (χ0n) is 12.0. The molecule has 1 aromatic carbocycles. The topological polar surface area (TPSA) is 77.2 Å². The first-order chi connectivity index (χ1) is 10.1. The van der Waals surface area contributed by atoms with Gasteiger partial charge < -0.3 is 15.8 Å². The van der Waals surface area contributed by atoms with Crippen molar-refractivity contribution in [1.82, 2.24) is 4.98 Å². The van der Waals surface area contributed by atoms with Crippen LogP contribution >= 0.6 is 0 Å². The number of pyridine rings is 1. The lowest BCUT2D eigenvalue weighted by Crippen LogP contribution is -2.19. The summed E-state index contributed by atoms with van der Waals surface area (Å²) >= 11 is 0. The monoisotopic (exact) mass is 285 g/mol. The lowest BCUT2D eigenvalue weighted by Gasteiger charge is -2.09. The number of hydrogen-bond acceptors (Lipinski definition) is 4. The maximum atomic E-state index is 11.8. The van der Waals surface area contributed by atoms with Gasteiger partial charge in [-0.1, -0.05) is 12.1 Å². The molecule has 1 amide bonds. The van der Waals surface area contributed by atoms with E-state index in [1.807, 2.05) is 37.3 Å². The molecular weight excluding hydrogens is 266 g/mol. The number of benzene rings is 1. The standard InChI is InChI=1S/C16H19N3O2/c1-12-5-6-15(14(17)10-12)19-16(20)11-21-9-7-13-4-2-3-8-18-13/h2-6,8,10H,7,9,11,17H2,1H3,(H,19,20). The molecule has 0 unspecified atom stereocenters. The number of amides is 1. The third-order valence-corrected chi connectivity index (χ3v) is 2.94. The average Bonchev–Trinajstić information content (AvgIpc) is 2.48. The van der Waals surface area contributed by atoms with E-state index in [2.05, 4.69) is 10.3 Å². The number of nitrogens with zero attached hydrogens (tertiary/aromatic N) is 1. The second-order valence-corrected chi connectivity index (χ2v) is 4.76. The Morgan fingerprint density at radius 3 is 2.90 bits per heavy atom. The molecule has 0 saturated heterocycles. The van der Waals surface area contributed by atoms with Crippen LogP contribution in [0, 0.1) is 6.92 Å². The Hall–Kier alpha value is -2.40. The lowest BCUT2D eigenvalue weighted by molar-refractivity contribution is -0.120. The predicted molar refractivity (Wildman–Crippen MR) is 83.0 cm³/mol. The SMILES string of the molecule is Cc1ccc(NC(=O)COCCc2ccccn2)c(N)c1. The lowest BCUT2D eigenvalue weighted by atomic mass is 10.2. The van der Waals surface area contributed by atoms with Crippen LogP contribution in [-0.4, -0.2) is 24.1 Å². The van der Waals surface area contributed by atoms with Gasteiger partial charge in [-0.15, -0.1) is 0 Å². The number of nitrogens with one attached hydrogen (secondary N) is 1.